The molecule has 0 N–H and O–H groups in total. The minimum Gasteiger partial charge on any atom is -0.497 e. The zero-order valence-electron chi connectivity index (χ0n) is 18.8. The number of fused-ring (bicyclic) bond motifs is 1. The van der Waals surface area contributed by atoms with E-state index in [9.17, 15) is 13.2 Å². The van der Waals surface area contributed by atoms with Crippen LogP contribution in [-0.2, 0) is 30.4 Å². The number of nitrogens with zero attached hydrogens (tertiary/aromatic N) is 2. The van der Waals surface area contributed by atoms with Crippen LogP contribution in [0, 0.1) is 5.41 Å². The minimum atomic E-state index is -4.16. The van der Waals surface area contributed by atoms with Gasteiger partial charge in [0.15, 0.2) is 0 Å². The Balaban J connectivity index is 2.36. The van der Waals surface area contributed by atoms with E-state index in [2.05, 4.69) is 0 Å². The van der Waals surface area contributed by atoms with Crippen molar-refractivity contribution in [3.63, 3.8) is 0 Å². The molecule has 0 spiro atoms. The van der Waals surface area contributed by atoms with Crippen LogP contribution in [0.5, 0.6) is 5.75 Å². The molecular weight excluding hydrogens is 408 g/mol. The monoisotopic (exact) mass is 440 g/mol. The fraction of sp³-hybridized carbons (Fsp3) is 0.571. The number of benzene rings is 1. The number of likely N-dealkylation sites (N-methyl/N-ethyl adjacent to an activating group) is 1. The lowest BCUT2D eigenvalue weighted by atomic mass is 9.95. The van der Waals surface area contributed by atoms with Gasteiger partial charge in [-0.15, -0.1) is 0 Å². The summed E-state index contributed by atoms with van der Waals surface area (Å²) in [5, 5.41) is 0.779. The molecule has 2 aromatic rings. The molecule has 9 heteroatoms. The van der Waals surface area contributed by atoms with Crippen molar-refractivity contribution >= 4 is 27.2 Å². The van der Waals surface area contributed by atoms with Crippen molar-refractivity contribution in [1.29, 1.82) is 0 Å². The third-order valence-corrected chi connectivity index (χ3v) is 5.79. The first-order chi connectivity index (χ1) is 13.9. The Hall–Kier alpha value is -2.10. The van der Waals surface area contributed by atoms with Crippen molar-refractivity contribution in [2.75, 3.05) is 34.4 Å². The van der Waals surface area contributed by atoms with Crippen LogP contribution in [-0.4, -0.2) is 63.7 Å². The van der Waals surface area contributed by atoms with E-state index in [0.29, 0.717) is 17.7 Å². The number of carbonyl (C=O) groups is 1. The highest BCUT2D eigenvalue weighted by Crippen LogP contribution is 2.29. The van der Waals surface area contributed by atoms with Crippen LogP contribution in [0.2, 0.25) is 0 Å². The summed E-state index contributed by atoms with van der Waals surface area (Å²) in [7, 11) is 1.31. The number of hydrogen-bond donors (Lipinski definition) is 0. The molecule has 0 amide bonds. The molecule has 0 saturated carbocycles. The van der Waals surface area contributed by atoms with Crippen molar-refractivity contribution in [1.82, 2.24) is 8.87 Å². The molecule has 1 aromatic carbocycles. The van der Waals surface area contributed by atoms with Gasteiger partial charge < -0.3 is 14.4 Å². The Kier molecular flexibility index (Phi) is 7.54. The molecule has 0 radical (unpaired) electrons. The molecule has 0 aliphatic rings. The van der Waals surface area contributed by atoms with Crippen molar-refractivity contribution in [2.24, 2.45) is 5.41 Å². The van der Waals surface area contributed by atoms with Gasteiger partial charge in [-0.3, -0.25) is 8.98 Å². The van der Waals surface area contributed by atoms with Crippen molar-refractivity contribution in [3.8, 4) is 5.75 Å². The second-order valence-corrected chi connectivity index (χ2v) is 9.93. The predicted molar refractivity (Wildman–Crippen MR) is 116 cm³/mol. The topological polar surface area (TPSA) is 87.1 Å². The van der Waals surface area contributed by atoms with Crippen molar-refractivity contribution in [3.05, 3.63) is 30.0 Å². The molecule has 168 valence electrons. The second kappa shape index (κ2) is 9.36. The van der Waals surface area contributed by atoms with Crippen LogP contribution in [0.3, 0.4) is 0 Å². The zero-order valence-corrected chi connectivity index (χ0v) is 19.6. The van der Waals surface area contributed by atoms with Crippen LogP contribution in [0.25, 0.3) is 10.9 Å². The summed E-state index contributed by atoms with van der Waals surface area (Å²) in [4.78, 5) is 14.3. The highest BCUT2D eigenvalue weighted by atomic mass is 32.2. The van der Waals surface area contributed by atoms with Gasteiger partial charge in [-0.25, -0.2) is 3.97 Å². The normalized spacial score (nSPS) is 12.7. The number of esters is 1. The van der Waals surface area contributed by atoms with Gasteiger partial charge in [0, 0.05) is 18.1 Å². The number of ether oxygens (including phenoxy) is 2. The van der Waals surface area contributed by atoms with Gasteiger partial charge in [0.2, 0.25) is 0 Å². The fourth-order valence-electron chi connectivity index (χ4n) is 2.81. The molecule has 2 rings (SSSR count). The maximum absolute atomic E-state index is 13.0. The maximum atomic E-state index is 13.0. The molecule has 0 fully saturated rings. The lowest BCUT2D eigenvalue weighted by Crippen LogP contribution is -2.34. The molecule has 1 heterocycles. The molecule has 0 bridgehead atoms. The maximum Gasteiger partial charge on any atom is 0.366 e. The molecule has 8 nitrogen and oxygen atoms in total. The molecule has 1 aromatic heterocycles. The van der Waals surface area contributed by atoms with Gasteiger partial charge in [-0.2, -0.15) is 8.42 Å². The van der Waals surface area contributed by atoms with Gasteiger partial charge in [-0.05, 0) is 72.0 Å². The Labute approximate surface area is 179 Å². The second-order valence-electron chi connectivity index (χ2n) is 8.44. The first-order valence-electron chi connectivity index (χ1n) is 9.81. The number of hydrogen-bond acceptors (Lipinski definition) is 7. The van der Waals surface area contributed by atoms with E-state index >= 15 is 0 Å². The summed E-state index contributed by atoms with van der Waals surface area (Å²) in [6, 6.07) is 5.21. The zero-order chi connectivity index (χ0) is 22.7. The fourth-order valence-corrected chi connectivity index (χ4v) is 4.03. The Bertz CT molecular complexity index is 992. The average Bonchev–Trinajstić information content (AvgIpc) is 3.03. The van der Waals surface area contributed by atoms with E-state index in [1.165, 1.54) is 0 Å². The summed E-state index contributed by atoms with van der Waals surface area (Å²) in [5.74, 6) is 0.128. The SMILES string of the molecule is COc1ccc2c(c1)c(CCN(C)C)cn2S(=O)(=O)OCC(C)(C)C(=O)OC(C)C. The molecule has 0 aliphatic carbocycles. The highest BCUT2D eigenvalue weighted by molar-refractivity contribution is 7.85. The third-order valence-electron chi connectivity index (χ3n) is 4.59. The van der Waals surface area contributed by atoms with Gasteiger partial charge in [-0.1, -0.05) is 0 Å². The Morgan fingerprint density at radius 1 is 1.23 bits per heavy atom. The molecule has 30 heavy (non-hydrogen) atoms. The number of methoxy groups -OCH3 is 1. The first-order valence-corrected chi connectivity index (χ1v) is 11.2. The lowest BCUT2D eigenvalue weighted by Gasteiger charge is -2.23. The lowest BCUT2D eigenvalue weighted by molar-refractivity contribution is -0.159. The molecule has 0 unspecified atom stereocenters. The van der Waals surface area contributed by atoms with E-state index in [0.717, 1.165) is 21.5 Å². The van der Waals surface area contributed by atoms with Crippen LogP contribution in [0.1, 0.15) is 33.3 Å². The Morgan fingerprint density at radius 3 is 2.47 bits per heavy atom. The first kappa shape index (κ1) is 24.2. The van der Waals surface area contributed by atoms with E-state index in [4.69, 9.17) is 13.7 Å². The summed E-state index contributed by atoms with van der Waals surface area (Å²) in [5.41, 5.74) is 0.243. The van der Waals surface area contributed by atoms with Gasteiger partial charge in [0.05, 0.1) is 30.8 Å². The van der Waals surface area contributed by atoms with Crippen molar-refractivity contribution in [2.45, 2.75) is 40.2 Å². The van der Waals surface area contributed by atoms with Gasteiger partial charge in [0.1, 0.15) is 5.75 Å². The third kappa shape index (κ3) is 5.74. The molecule has 0 saturated heterocycles. The van der Waals surface area contributed by atoms with Gasteiger partial charge >= 0.3 is 16.3 Å². The van der Waals surface area contributed by atoms with E-state index in [-0.39, 0.29) is 12.7 Å². The summed E-state index contributed by atoms with van der Waals surface area (Å²) in [6.07, 6.45) is 1.93. The van der Waals surface area contributed by atoms with E-state index in [1.54, 1.807) is 53.1 Å². The number of carbonyl (C=O) groups excluding carboxylic acids is 1. The van der Waals surface area contributed by atoms with Crippen LogP contribution in [0.15, 0.2) is 24.4 Å². The standard InChI is InChI=1S/C21H32N2O6S/c1-15(2)29-20(24)21(3,4)14-28-30(25,26)23-13-16(10-11-22(5)6)18-12-17(27-7)8-9-19(18)23/h8-9,12-13,15H,10-11,14H2,1-7H3. The van der Waals surface area contributed by atoms with Crippen LogP contribution in [0.4, 0.5) is 0 Å². The number of aromatic nitrogens is 1. The van der Waals surface area contributed by atoms with Crippen LogP contribution < -0.4 is 4.74 Å². The van der Waals surface area contributed by atoms with Crippen LogP contribution >= 0.6 is 0 Å². The quantitative estimate of drug-likeness (QED) is 0.525. The summed E-state index contributed by atoms with van der Waals surface area (Å²) < 4.78 is 42.9. The summed E-state index contributed by atoms with van der Waals surface area (Å²) >= 11 is 0. The molecule has 0 atom stereocenters. The average molecular weight is 441 g/mol. The smallest absolute Gasteiger partial charge is 0.366 e. The molecular formula is C21H32N2O6S. The van der Waals surface area contributed by atoms with E-state index in [1.807, 2.05) is 25.1 Å². The largest absolute Gasteiger partial charge is 0.497 e. The number of rotatable bonds is 10. The Morgan fingerprint density at radius 2 is 1.90 bits per heavy atom. The predicted octanol–water partition coefficient (Wildman–Crippen LogP) is 2.84. The van der Waals surface area contributed by atoms with Gasteiger partial charge in [0.25, 0.3) is 0 Å². The highest BCUT2D eigenvalue weighted by Gasteiger charge is 2.33. The molecule has 0 aliphatic heterocycles. The minimum absolute atomic E-state index is 0.295. The van der Waals surface area contributed by atoms with E-state index < -0.39 is 21.7 Å². The summed E-state index contributed by atoms with van der Waals surface area (Å²) in [6.45, 7) is 7.08. The van der Waals surface area contributed by atoms with Crippen molar-refractivity contribution < 1.29 is 26.9 Å².